The number of furan rings is 1. The predicted octanol–water partition coefficient (Wildman–Crippen LogP) is 7.06. The number of hydrogen-bond acceptors (Lipinski definition) is 1. The molecule has 1 heterocycles. The molecule has 2 heteroatoms. The van der Waals surface area contributed by atoms with Crippen LogP contribution in [0.5, 0.6) is 0 Å². The molecule has 4 aromatic carbocycles. The van der Waals surface area contributed by atoms with Gasteiger partial charge < -0.3 is 4.42 Å². The molecule has 0 N–H and O–H groups in total. The first kappa shape index (κ1) is 13.6. The van der Waals surface area contributed by atoms with E-state index in [-0.39, 0.29) is 0 Å². The van der Waals surface area contributed by atoms with Crippen LogP contribution in [0.15, 0.2) is 83.3 Å². The van der Waals surface area contributed by atoms with Crippen LogP contribution in [0.25, 0.3) is 43.8 Å². The standard InChI is InChI=1S/C22H13ClO/c23-17-12-18(14-6-2-1-3-7-14)22-20(13-17)19-10-15-8-4-5-9-16(15)11-21(19)24-22/h1-13H. The Kier molecular flexibility index (Phi) is 2.91. The van der Waals surface area contributed by atoms with Gasteiger partial charge in [0.25, 0.3) is 0 Å². The summed E-state index contributed by atoms with van der Waals surface area (Å²) in [4.78, 5) is 0. The maximum Gasteiger partial charge on any atom is 0.143 e. The highest BCUT2D eigenvalue weighted by molar-refractivity contribution is 6.32. The van der Waals surface area contributed by atoms with Gasteiger partial charge >= 0.3 is 0 Å². The van der Waals surface area contributed by atoms with Crippen molar-refractivity contribution in [2.75, 3.05) is 0 Å². The number of fused-ring (bicyclic) bond motifs is 4. The Morgan fingerprint density at radius 3 is 2.17 bits per heavy atom. The zero-order valence-corrected chi connectivity index (χ0v) is 13.5. The lowest BCUT2D eigenvalue weighted by Crippen LogP contribution is -1.79. The second kappa shape index (κ2) is 5.12. The molecule has 114 valence electrons. The molecule has 0 saturated heterocycles. The second-order valence-corrected chi connectivity index (χ2v) is 6.43. The Labute approximate surface area is 144 Å². The molecule has 0 unspecified atom stereocenters. The minimum Gasteiger partial charge on any atom is -0.455 e. The molecule has 0 bridgehead atoms. The van der Waals surface area contributed by atoms with Gasteiger partial charge in [-0.3, -0.25) is 0 Å². The van der Waals surface area contributed by atoms with Gasteiger partial charge in [-0.1, -0.05) is 66.2 Å². The first-order chi connectivity index (χ1) is 11.8. The molecular weight excluding hydrogens is 316 g/mol. The molecule has 5 aromatic rings. The fourth-order valence-corrected chi connectivity index (χ4v) is 3.58. The molecule has 0 aliphatic carbocycles. The van der Waals surface area contributed by atoms with E-state index in [4.69, 9.17) is 16.0 Å². The highest BCUT2D eigenvalue weighted by atomic mass is 35.5. The van der Waals surface area contributed by atoms with E-state index >= 15 is 0 Å². The van der Waals surface area contributed by atoms with Gasteiger partial charge in [0, 0.05) is 21.4 Å². The summed E-state index contributed by atoms with van der Waals surface area (Å²) < 4.78 is 6.24. The smallest absolute Gasteiger partial charge is 0.143 e. The van der Waals surface area contributed by atoms with Crippen LogP contribution in [-0.4, -0.2) is 0 Å². The summed E-state index contributed by atoms with van der Waals surface area (Å²) in [6.45, 7) is 0. The monoisotopic (exact) mass is 328 g/mol. The van der Waals surface area contributed by atoms with E-state index in [0.29, 0.717) is 0 Å². The molecule has 5 rings (SSSR count). The molecule has 0 aliphatic rings. The molecule has 0 fully saturated rings. The van der Waals surface area contributed by atoms with Crippen molar-refractivity contribution in [1.82, 2.24) is 0 Å². The Morgan fingerprint density at radius 1 is 0.667 bits per heavy atom. The minimum absolute atomic E-state index is 0.720. The molecule has 0 radical (unpaired) electrons. The fraction of sp³-hybridized carbons (Fsp3) is 0. The lowest BCUT2D eigenvalue weighted by atomic mass is 10.0. The minimum atomic E-state index is 0.720. The van der Waals surface area contributed by atoms with Crippen molar-refractivity contribution in [2.24, 2.45) is 0 Å². The van der Waals surface area contributed by atoms with Gasteiger partial charge in [0.2, 0.25) is 0 Å². The molecule has 1 aromatic heterocycles. The fourth-order valence-electron chi connectivity index (χ4n) is 3.36. The van der Waals surface area contributed by atoms with Crippen LogP contribution in [0.2, 0.25) is 5.02 Å². The summed E-state index contributed by atoms with van der Waals surface area (Å²) in [6.07, 6.45) is 0. The summed E-state index contributed by atoms with van der Waals surface area (Å²) in [5, 5.41) is 5.26. The van der Waals surface area contributed by atoms with Crippen molar-refractivity contribution < 1.29 is 4.42 Å². The van der Waals surface area contributed by atoms with Gasteiger partial charge in [-0.15, -0.1) is 0 Å². The van der Waals surface area contributed by atoms with E-state index in [1.54, 1.807) is 0 Å². The largest absolute Gasteiger partial charge is 0.455 e. The lowest BCUT2D eigenvalue weighted by Gasteiger charge is -2.03. The van der Waals surface area contributed by atoms with Crippen LogP contribution in [0, 0.1) is 0 Å². The van der Waals surface area contributed by atoms with Crippen molar-refractivity contribution >= 4 is 44.3 Å². The molecule has 0 atom stereocenters. The van der Waals surface area contributed by atoms with Crippen molar-refractivity contribution in [3.05, 3.63) is 83.9 Å². The van der Waals surface area contributed by atoms with Gasteiger partial charge in [0.05, 0.1) is 0 Å². The highest BCUT2D eigenvalue weighted by Crippen LogP contribution is 2.39. The normalized spacial score (nSPS) is 11.5. The van der Waals surface area contributed by atoms with Gasteiger partial charge in [-0.25, -0.2) is 0 Å². The van der Waals surface area contributed by atoms with Gasteiger partial charge in [0.1, 0.15) is 11.2 Å². The maximum absolute atomic E-state index is 6.41. The van der Waals surface area contributed by atoms with Crippen molar-refractivity contribution in [3.8, 4) is 11.1 Å². The Morgan fingerprint density at radius 2 is 1.38 bits per heavy atom. The van der Waals surface area contributed by atoms with Crippen molar-refractivity contribution in [2.45, 2.75) is 0 Å². The Balaban J connectivity index is 1.93. The van der Waals surface area contributed by atoms with E-state index in [2.05, 4.69) is 42.5 Å². The first-order valence-corrected chi connectivity index (χ1v) is 8.27. The molecular formula is C22H13ClO. The number of benzene rings is 4. The average Bonchev–Trinajstić information content (AvgIpc) is 2.97. The topological polar surface area (TPSA) is 13.1 Å². The van der Waals surface area contributed by atoms with Gasteiger partial charge in [0.15, 0.2) is 0 Å². The zero-order valence-electron chi connectivity index (χ0n) is 12.8. The Bertz CT molecular complexity index is 1200. The summed E-state index contributed by atoms with van der Waals surface area (Å²) in [5.41, 5.74) is 3.91. The SMILES string of the molecule is Clc1cc(-c2ccccc2)c2oc3cc4ccccc4cc3c2c1. The number of rotatable bonds is 1. The molecule has 0 saturated carbocycles. The highest BCUT2D eigenvalue weighted by Gasteiger charge is 2.14. The second-order valence-electron chi connectivity index (χ2n) is 5.99. The van der Waals surface area contributed by atoms with Crippen LogP contribution < -0.4 is 0 Å². The van der Waals surface area contributed by atoms with E-state index in [0.717, 1.165) is 38.1 Å². The van der Waals surface area contributed by atoms with E-state index < -0.39 is 0 Å². The molecule has 0 spiro atoms. The van der Waals surface area contributed by atoms with E-state index in [1.807, 2.05) is 36.4 Å². The first-order valence-electron chi connectivity index (χ1n) is 7.89. The van der Waals surface area contributed by atoms with Crippen LogP contribution >= 0.6 is 11.6 Å². The predicted molar refractivity (Wildman–Crippen MR) is 102 cm³/mol. The summed E-state index contributed by atoms with van der Waals surface area (Å²) in [5.74, 6) is 0. The van der Waals surface area contributed by atoms with Crippen LogP contribution in [0.4, 0.5) is 0 Å². The third-order valence-corrected chi connectivity index (χ3v) is 4.71. The third-order valence-electron chi connectivity index (χ3n) is 4.49. The van der Waals surface area contributed by atoms with Crippen LogP contribution in [0.3, 0.4) is 0 Å². The molecule has 0 aliphatic heterocycles. The average molecular weight is 329 g/mol. The molecule has 0 amide bonds. The molecule has 1 nitrogen and oxygen atoms in total. The van der Waals surface area contributed by atoms with E-state index in [1.165, 1.54) is 10.8 Å². The van der Waals surface area contributed by atoms with Gasteiger partial charge in [-0.2, -0.15) is 0 Å². The molecule has 24 heavy (non-hydrogen) atoms. The quantitative estimate of drug-likeness (QED) is 0.321. The maximum atomic E-state index is 6.41. The van der Waals surface area contributed by atoms with Crippen molar-refractivity contribution in [3.63, 3.8) is 0 Å². The van der Waals surface area contributed by atoms with E-state index in [9.17, 15) is 0 Å². The van der Waals surface area contributed by atoms with Crippen LogP contribution in [0.1, 0.15) is 0 Å². The third kappa shape index (κ3) is 2.02. The van der Waals surface area contributed by atoms with Gasteiger partial charge in [-0.05, 0) is 40.6 Å². The summed E-state index contributed by atoms with van der Waals surface area (Å²) in [6, 6.07) is 26.8. The number of halogens is 1. The van der Waals surface area contributed by atoms with Crippen molar-refractivity contribution in [1.29, 1.82) is 0 Å². The summed E-state index contributed by atoms with van der Waals surface area (Å²) >= 11 is 6.41. The zero-order chi connectivity index (χ0) is 16.1. The lowest BCUT2D eigenvalue weighted by molar-refractivity contribution is 0.670. The summed E-state index contributed by atoms with van der Waals surface area (Å²) in [7, 11) is 0. The Hall–Kier alpha value is -2.77. The number of hydrogen-bond donors (Lipinski definition) is 0. The van der Waals surface area contributed by atoms with Crippen LogP contribution in [-0.2, 0) is 0 Å².